The number of aliphatic carboxylic acids is 1. The number of carboxylic acid groups (broad SMARTS) is 1. The van der Waals surface area contributed by atoms with E-state index in [1.807, 2.05) is 0 Å². The zero-order valence-electron chi connectivity index (χ0n) is 12.1. The van der Waals surface area contributed by atoms with Crippen molar-refractivity contribution in [3.8, 4) is 0 Å². The second-order valence-corrected chi connectivity index (χ2v) is 6.36. The monoisotopic (exact) mass is 309 g/mol. The molecular weight excluding hydrogens is 292 g/mol. The maximum atomic E-state index is 13.7. The van der Waals surface area contributed by atoms with Crippen LogP contribution >= 0.6 is 0 Å². The Kier molecular flexibility index (Phi) is 3.42. The molecule has 0 spiro atoms. The minimum absolute atomic E-state index is 0.0583. The number of hydrogen-bond donors (Lipinski definition) is 2. The maximum absolute atomic E-state index is 13.7. The van der Waals surface area contributed by atoms with E-state index in [0.717, 1.165) is 18.9 Å². The molecule has 2 saturated carbocycles. The molecule has 3 rings (SSSR count). The van der Waals surface area contributed by atoms with Gasteiger partial charge in [0.1, 0.15) is 5.54 Å². The minimum atomic E-state index is -1.27. The first-order valence-corrected chi connectivity index (χ1v) is 7.34. The zero-order valence-corrected chi connectivity index (χ0v) is 12.1. The molecule has 2 fully saturated rings. The van der Waals surface area contributed by atoms with Crippen molar-refractivity contribution in [3.05, 3.63) is 35.4 Å². The summed E-state index contributed by atoms with van der Waals surface area (Å²) in [5.41, 5.74) is -1.09. The van der Waals surface area contributed by atoms with Crippen LogP contribution in [0.5, 0.6) is 0 Å². The Balaban J connectivity index is 1.70. The minimum Gasteiger partial charge on any atom is -0.480 e. The quantitative estimate of drug-likeness (QED) is 0.878. The highest BCUT2D eigenvalue weighted by atomic mass is 19.2. The van der Waals surface area contributed by atoms with Gasteiger partial charge in [-0.05, 0) is 49.7 Å². The fourth-order valence-electron chi connectivity index (χ4n) is 2.97. The number of halogens is 2. The van der Waals surface area contributed by atoms with E-state index < -0.39 is 35.0 Å². The van der Waals surface area contributed by atoms with E-state index >= 15 is 0 Å². The van der Waals surface area contributed by atoms with Crippen molar-refractivity contribution in [1.82, 2.24) is 5.32 Å². The molecule has 4 nitrogen and oxygen atoms in total. The second-order valence-electron chi connectivity index (χ2n) is 6.36. The van der Waals surface area contributed by atoms with E-state index in [4.69, 9.17) is 0 Å². The van der Waals surface area contributed by atoms with Crippen molar-refractivity contribution >= 4 is 11.9 Å². The Morgan fingerprint density at radius 1 is 1.32 bits per heavy atom. The van der Waals surface area contributed by atoms with Crippen LogP contribution in [-0.4, -0.2) is 22.5 Å². The van der Waals surface area contributed by atoms with E-state index in [-0.39, 0.29) is 17.4 Å². The summed E-state index contributed by atoms with van der Waals surface area (Å²) in [6, 6.07) is 3.91. The van der Waals surface area contributed by atoms with Crippen LogP contribution in [0.3, 0.4) is 0 Å². The first-order valence-electron chi connectivity index (χ1n) is 7.34. The van der Waals surface area contributed by atoms with Crippen LogP contribution in [0.25, 0.3) is 0 Å². The van der Waals surface area contributed by atoms with Crippen LogP contribution in [0.2, 0.25) is 0 Å². The van der Waals surface area contributed by atoms with Crippen molar-refractivity contribution < 1.29 is 23.5 Å². The molecule has 0 unspecified atom stereocenters. The van der Waals surface area contributed by atoms with Gasteiger partial charge in [0.2, 0.25) is 5.91 Å². The topological polar surface area (TPSA) is 66.4 Å². The predicted octanol–water partition coefficient (Wildman–Crippen LogP) is 2.44. The maximum Gasteiger partial charge on any atom is 0.329 e. The third-order valence-corrected chi connectivity index (χ3v) is 4.73. The summed E-state index contributed by atoms with van der Waals surface area (Å²) in [6.45, 7) is 1.51. The number of carboxylic acids is 1. The van der Waals surface area contributed by atoms with Gasteiger partial charge in [-0.1, -0.05) is 12.1 Å². The smallest absolute Gasteiger partial charge is 0.329 e. The summed E-state index contributed by atoms with van der Waals surface area (Å²) in [5.74, 6) is -4.25. The molecular formula is C16H17F2NO3. The SMILES string of the molecule is C[C@](NC(=O)[C@H]1C[C@H]1c1cccc(F)c1F)(C(=O)O)C1CC1. The van der Waals surface area contributed by atoms with Gasteiger partial charge in [0, 0.05) is 5.92 Å². The van der Waals surface area contributed by atoms with Gasteiger partial charge in [-0.15, -0.1) is 0 Å². The van der Waals surface area contributed by atoms with Crippen LogP contribution in [-0.2, 0) is 9.59 Å². The molecule has 0 radical (unpaired) electrons. The number of carbonyl (C=O) groups is 2. The lowest BCUT2D eigenvalue weighted by Gasteiger charge is -2.26. The average Bonchev–Trinajstić information content (AvgIpc) is 3.34. The summed E-state index contributed by atoms with van der Waals surface area (Å²) < 4.78 is 27.0. The molecule has 2 aliphatic carbocycles. The zero-order chi connectivity index (χ0) is 16.1. The van der Waals surface area contributed by atoms with E-state index in [1.54, 1.807) is 0 Å². The number of benzene rings is 1. The summed E-state index contributed by atoms with van der Waals surface area (Å²) in [4.78, 5) is 23.7. The van der Waals surface area contributed by atoms with Crippen LogP contribution < -0.4 is 5.32 Å². The Labute approximate surface area is 126 Å². The number of carbonyl (C=O) groups excluding carboxylic acids is 1. The Hall–Kier alpha value is -1.98. The number of rotatable bonds is 5. The van der Waals surface area contributed by atoms with Gasteiger partial charge >= 0.3 is 5.97 Å². The van der Waals surface area contributed by atoms with Gasteiger partial charge in [0.05, 0.1) is 0 Å². The Morgan fingerprint density at radius 2 is 2.00 bits per heavy atom. The van der Waals surface area contributed by atoms with E-state index in [0.29, 0.717) is 6.42 Å². The second kappa shape index (κ2) is 5.04. The molecule has 1 amide bonds. The average molecular weight is 309 g/mol. The lowest BCUT2D eigenvalue weighted by atomic mass is 9.95. The fourth-order valence-corrected chi connectivity index (χ4v) is 2.97. The number of hydrogen-bond acceptors (Lipinski definition) is 2. The first kappa shape index (κ1) is 14.9. The molecule has 3 atom stereocenters. The van der Waals surface area contributed by atoms with E-state index in [9.17, 15) is 23.5 Å². The molecule has 0 saturated heterocycles. The molecule has 118 valence electrons. The summed E-state index contributed by atoms with van der Waals surface area (Å²) in [6.07, 6.45) is 1.96. The molecule has 6 heteroatoms. The third-order valence-electron chi connectivity index (χ3n) is 4.73. The van der Waals surface area contributed by atoms with Gasteiger partial charge in [-0.3, -0.25) is 4.79 Å². The molecule has 2 N–H and O–H groups in total. The summed E-state index contributed by atoms with van der Waals surface area (Å²) in [7, 11) is 0. The summed E-state index contributed by atoms with van der Waals surface area (Å²) in [5, 5.41) is 11.9. The van der Waals surface area contributed by atoms with Crippen molar-refractivity contribution in [2.45, 2.75) is 37.6 Å². The predicted molar refractivity (Wildman–Crippen MR) is 74.1 cm³/mol. The van der Waals surface area contributed by atoms with Gasteiger partial charge in [-0.25, -0.2) is 13.6 Å². The lowest BCUT2D eigenvalue weighted by Crippen LogP contribution is -2.54. The van der Waals surface area contributed by atoms with Crippen molar-refractivity contribution in [3.63, 3.8) is 0 Å². The van der Waals surface area contributed by atoms with Gasteiger partial charge < -0.3 is 10.4 Å². The Morgan fingerprint density at radius 3 is 2.59 bits per heavy atom. The molecule has 22 heavy (non-hydrogen) atoms. The van der Waals surface area contributed by atoms with Crippen molar-refractivity contribution in [1.29, 1.82) is 0 Å². The van der Waals surface area contributed by atoms with Gasteiger partial charge in [0.25, 0.3) is 0 Å². The Bertz CT molecular complexity index is 644. The standard InChI is InChI=1S/C16H17F2NO3/c1-16(15(21)22,8-5-6-8)19-14(20)11-7-10(11)9-3-2-4-12(17)13(9)18/h2-4,8,10-11H,5-7H2,1H3,(H,19,20)(H,21,22)/t10-,11-,16+/m0/s1. The fraction of sp³-hybridized carbons (Fsp3) is 0.500. The molecule has 2 aliphatic rings. The van der Waals surface area contributed by atoms with E-state index in [2.05, 4.69) is 5.32 Å². The molecule has 1 aromatic carbocycles. The normalized spacial score (nSPS) is 26.1. The molecule has 0 heterocycles. The number of nitrogens with one attached hydrogen (secondary N) is 1. The third kappa shape index (κ3) is 2.46. The highest BCUT2D eigenvalue weighted by Crippen LogP contribution is 2.49. The van der Waals surface area contributed by atoms with Crippen LogP contribution in [0.1, 0.15) is 37.7 Å². The van der Waals surface area contributed by atoms with Crippen LogP contribution in [0.15, 0.2) is 18.2 Å². The van der Waals surface area contributed by atoms with Crippen LogP contribution in [0.4, 0.5) is 8.78 Å². The highest BCUT2D eigenvalue weighted by molar-refractivity contribution is 5.90. The summed E-state index contributed by atoms with van der Waals surface area (Å²) >= 11 is 0. The van der Waals surface area contributed by atoms with E-state index in [1.165, 1.54) is 19.1 Å². The number of amides is 1. The largest absolute Gasteiger partial charge is 0.480 e. The van der Waals surface area contributed by atoms with Crippen molar-refractivity contribution in [2.75, 3.05) is 0 Å². The molecule has 0 aliphatic heterocycles. The van der Waals surface area contributed by atoms with Crippen molar-refractivity contribution in [2.24, 2.45) is 11.8 Å². The molecule has 0 aromatic heterocycles. The van der Waals surface area contributed by atoms with Crippen LogP contribution in [0, 0.1) is 23.5 Å². The van der Waals surface area contributed by atoms with Gasteiger partial charge in [-0.2, -0.15) is 0 Å². The first-order chi connectivity index (χ1) is 10.3. The highest BCUT2D eigenvalue weighted by Gasteiger charge is 2.52. The van der Waals surface area contributed by atoms with Gasteiger partial charge in [0.15, 0.2) is 11.6 Å². The molecule has 1 aromatic rings. The molecule has 0 bridgehead atoms. The lowest BCUT2D eigenvalue weighted by molar-refractivity contribution is -0.148.